The number of nitrogens with zero attached hydrogens (tertiary/aromatic N) is 1. The number of esters is 1. The zero-order valence-corrected chi connectivity index (χ0v) is 11.0. The van der Waals surface area contributed by atoms with Gasteiger partial charge in [-0.3, -0.25) is 0 Å². The number of carbonyl (C=O) groups excluding carboxylic acids is 1. The standard InChI is InChI=1S/C14H17NO3/c1-8(2)18-14(17)13-9(3)15(4)12-6-5-10(16)7-11(12)13/h5-8,16H,1-4H3. The molecule has 0 amide bonds. The van der Waals surface area contributed by atoms with E-state index in [1.807, 2.05) is 32.4 Å². The summed E-state index contributed by atoms with van der Waals surface area (Å²) < 4.78 is 7.17. The number of carbonyl (C=O) groups is 1. The summed E-state index contributed by atoms with van der Waals surface area (Å²) in [5.41, 5.74) is 2.26. The van der Waals surface area contributed by atoms with Crippen LogP contribution in [0.25, 0.3) is 10.9 Å². The molecule has 1 aromatic heterocycles. The van der Waals surface area contributed by atoms with Crippen molar-refractivity contribution in [3.05, 3.63) is 29.5 Å². The maximum absolute atomic E-state index is 12.1. The van der Waals surface area contributed by atoms with Crippen LogP contribution in [0.3, 0.4) is 0 Å². The Morgan fingerprint density at radius 3 is 2.67 bits per heavy atom. The smallest absolute Gasteiger partial charge is 0.340 e. The summed E-state index contributed by atoms with van der Waals surface area (Å²) in [5, 5.41) is 10.3. The van der Waals surface area contributed by atoms with Crippen LogP contribution in [0.15, 0.2) is 18.2 Å². The topological polar surface area (TPSA) is 51.5 Å². The average molecular weight is 247 g/mol. The third-order valence-electron chi connectivity index (χ3n) is 3.02. The van der Waals surface area contributed by atoms with Gasteiger partial charge in [0.15, 0.2) is 0 Å². The molecule has 0 radical (unpaired) electrons. The number of phenolic OH excluding ortho intramolecular Hbond substituents is 1. The van der Waals surface area contributed by atoms with E-state index in [0.29, 0.717) is 5.56 Å². The van der Waals surface area contributed by atoms with Crippen molar-refractivity contribution in [2.75, 3.05) is 0 Å². The first-order chi connectivity index (χ1) is 8.41. The molecule has 0 aliphatic rings. The first-order valence-electron chi connectivity index (χ1n) is 5.90. The third kappa shape index (κ3) is 1.94. The number of fused-ring (bicyclic) bond motifs is 1. The fourth-order valence-electron chi connectivity index (χ4n) is 2.09. The van der Waals surface area contributed by atoms with E-state index in [-0.39, 0.29) is 17.8 Å². The van der Waals surface area contributed by atoms with Crippen LogP contribution in [0.2, 0.25) is 0 Å². The SMILES string of the molecule is Cc1c(C(=O)OC(C)C)c2cc(O)ccc2n1C. The molecule has 0 bridgehead atoms. The van der Waals surface area contributed by atoms with E-state index in [2.05, 4.69) is 0 Å². The summed E-state index contributed by atoms with van der Waals surface area (Å²) in [4.78, 5) is 12.1. The molecule has 96 valence electrons. The van der Waals surface area contributed by atoms with E-state index >= 15 is 0 Å². The van der Waals surface area contributed by atoms with E-state index < -0.39 is 0 Å². The van der Waals surface area contributed by atoms with Crippen LogP contribution < -0.4 is 0 Å². The van der Waals surface area contributed by atoms with Crippen LogP contribution in [-0.4, -0.2) is 21.7 Å². The maximum atomic E-state index is 12.1. The molecule has 0 aliphatic heterocycles. The zero-order chi connectivity index (χ0) is 13.4. The fourth-order valence-corrected chi connectivity index (χ4v) is 2.09. The highest BCUT2D eigenvalue weighted by molar-refractivity contribution is 6.06. The quantitative estimate of drug-likeness (QED) is 0.830. The minimum absolute atomic E-state index is 0.145. The lowest BCUT2D eigenvalue weighted by Gasteiger charge is -2.08. The van der Waals surface area contributed by atoms with Crippen molar-refractivity contribution < 1.29 is 14.6 Å². The van der Waals surface area contributed by atoms with Crippen LogP contribution in [-0.2, 0) is 11.8 Å². The molecule has 1 aromatic carbocycles. The largest absolute Gasteiger partial charge is 0.508 e. The van der Waals surface area contributed by atoms with Crippen molar-refractivity contribution in [1.29, 1.82) is 0 Å². The van der Waals surface area contributed by atoms with Gasteiger partial charge in [-0.2, -0.15) is 0 Å². The first-order valence-corrected chi connectivity index (χ1v) is 5.90. The summed E-state index contributed by atoms with van der Waals surface area (Å²) in [6.07, 6.45) is -0.163. The highest BCUT2D eigenvalue weighted by Crippen LogP contribution is 2.28. The number of phenols is 1. The second kappa shape index (κ2) is 4.37. The maximum Gasteiger partial charge on any atom is 0.340 e. The molecule has 18 heavy (non-hydrogen) atoms. The summed E-state index contributed by atoms with van der Waals surface area (Å²) in [5.74, 6) is -0.203. The minimum atomic E-state index is -0.348. The first kappa shape index (κ1) is 12.5. The van der Waals surface area contributed by atoms with E-state index in [9.17, 15) is 9.90 Å². The van der Waals surface area contributed by atoms with Crippen LogP contribution in [0.1, 0.15) is 29.9 Å². The van der Waals surface area contributed by atoms with Gasteiger partial charge in [-0.1, -0.05) is 0 Å². The highest BCUT2D eigenvalue weighted by Gasteiger charge is 2.20. The molecule has 2 aromatic rings. The van der Waals surface area contributed by atoms with Gasteiger partial charge in [0, 0.05) is 23.6 Å². The number of ether oxygens (including phenoxy) is 1. The Morgan fingerprint density at radius 1 is 1.39 bits per heavy atom. The summed E-state index contributed by atoms with van der Waals surface area (Å²) in [6, 6.07) is 5.00. The van der Waals surface area contributed by atoms with E-state index in [1.54, 1.807) is 18.2 Å². The number of aryl methyl sites for hydroxylation is 1. The lowest BCUT2D eigenvalue weighted by atomic mass is 10.1. The second-order valence-electron chi connectivity index (χ2n) is 4.67. The fraction of sp³-hybridized carbons (Fsp3) is 0.357. The normalized spacial score (nSPS) is 11.2. The van der Waals surface area contributed by atoms with Gasteiger partial charge in [0.05, 0.1) is 11.7 Å². The van der Waals surface area contributed by atoms with Crippen molar-refractivity contribution in [1.82, 2.24) is 4.57 Å². The Bertz CT molecular complexity index is 611. The summed E-state index contributed by atoms with van der Waals surface area (Å²) in [6.45, 7) is 5.50. The van der Waals surface area contributed by atoms with Crippen molar-refractivity contribution in [3.8, 4) is 5.75 Å². The Hall–Kier alpha value is -1.97. The highest BCUT2D eigenvalue weighted by atomic mass is 16.5. The third-order valence-corrected chi connectivity index (χ3v) is 3.02. The van der Waals surface area contributed by atoms with E-state index in [0.717, 1.165) is 16.6 Å². The van der Waals surface area contributed by atoms with Gasteiger partial charge in [-0.25, -0.2) is 4.79 Å². The van der Waals surface area contributed by atoms with Gasteiger partial charge < -0.3 is 14.4 Å². The number of aromatic hydroxyl groups is 1. The monoisotopic (exact) mass is 247 g/mol. The van der Waals surface area contributed by atoms with Crippen molar-refractivity contribution in [2.45, 2.75) is 26.9 Å². The lowest BCUT2D eigenvalue weighted by Crippen LogP contribution is -2.12. The molecule has 1 N–H and O–H groups in total. The zero-order valence-electron chi connectivity index (χ0n) is 11.0. The van der Waals surface area contributed by atoms with Gasteiger partial charge in [0.25, 0.3) is 0 Å². The van der Waals surface area contributed by atoms with Crippen LogP contribution in [0, 0.1) is 6.92 Å². The van der Waals surface area contributed by atoms with E-state index in [1.165, 1.54) is 0 Å². The Balaban J connectivity index is 2.65. The summed E-state index contributed by atoms with van der Waals surface area (Å²) in [7, 11) is 1.89. The molecule has 0 saturated heterocycles. The summed E-state index contributed by atoms with van der Waals surface area (Å²) >= 11 is 0. The molecule has 0 atom stereocenters. The number of aromatic nitrogens is 1. The average Bonchev–Trinajstić information content (AvgIpc) is 2.50. The molecule has 0 spiro atoms. The molecule has 2 rings (SSSR count). The molecule has 0 saturated carbocycles. The van der Waals surface area contributed by atoms with Gasteiger partial charge in [0.2, 0.25) is 0 Å². The van der Waals surface area contributed by atoms with Crippen LogP contribution in [0.4, 0.5) is 0 Å². The van der Waals surface area contributed by atoms with Crippen molar-refractivity contribution >= 4 is 16.9 Å². The van der Waals surface area contributed by atoms with Gasteiger partial charge in [-0.05, 0) is 39.0 Å². The van der Waals surface area contributed by atoms with Crippen LogP contribution in [0.5, 0.6) is 5.75 Å². The number of rotatable bonds is 2. The predicted molar refractivity (Wildman–Crippen MR) is 69.9 cm³/mol. The van der Waals surface area contributed by atoms with Gasteiger partial charge >= 0.3 is 5.97 Å². The lowest BCUT2D eigenvalue weighted by molar-refractivity contribution is 0.0379. The Labute approximate surface area is 106 Å². The molecule has 0 unspecified atom stereocenters. The Morgan fingerprint density at radius 2 is 2.06 bits per heavy atom. The molecule has 0 fully saturated rings. The molecule has 4 nitrogen and oxygen atoms in total. The molecule has 4 heteroatoms. The Kier molecular flexibility index (Phi) is 3.03. The molecular weight excluding hydrogens is 230 g/mol. The van der Waals surface area contributed by atoms with E-state index in [4.69, 9.17) is 4.74 Å². The van der Waals surface area contributed by atoms with Crippen LogP contribution >= 0.6 is 0 Å². The minimum Gasteiger partial charge on any atom is -0.508 e. The van der Waals surface area contributed by atoms with Gasteiger partial charge in [-0.15, -0.1) is 0 Å². The number of benzene rings is 1. The van der Waals surface area contributed by atoms with Crippen molar-refractivity contribution in [3.63, 3.8) is 0 Å². The molecular formula is C14H17NO3. The number of hydrogen-bond donors (Lipinski definition) is 1. The number of hydrogen-bond acceptors (Lipinski definition) is 3. The molecule has 0 aliphatic carbocycles. The second-order valence-corrected chi connectivity index (χ2v) is 4.67. The van der Waals surface area contributed by atoms with Crippen molar-refractivity contribution in [2.24, 2.45) is 7.05 Å². The van der Waals surface area contributed by atoms with Gasteiger partial charge in [0.1, 0.15) is 5.75 Å². The predicted octanol–water partition coefficient (Wildman–Crippen LogP) is 2.76. The molecule has 1 heterocycles.